The Morgan fingerprint density at radius 3 is 2.26 bits per heavy atom. The average molecular weight is 701 g/mol. The Labute approximate surface area is 293 Å². The van der Waals surface area contributed by atoms with Gasteiger partial charge in [0.2, 0.25) is 11.8 Å². The SMILES string of the molecule is Cc1cccc(C)c1-c1cc(OCC2c3ccc(C(C)(C)C)cc3CCN2C(=O)OC(C)(C)C)nc(NS(=O)(=O)c2cccc(C(=O)O)c2)n1. The third-order valence-electron chi connectivity index (χ3n) is 8.44. The van der Waals surface area contributed by atoms with E-state index in [1.165, 1.54) is 23.8 Å². The number of hydrogen-bond donors (Lipinski definition) is 2. The number of amides is 1. The minimum absolute atomic E-state index is 0.00282. The van der Waals surface area contributed by atoms with Crippen LogP contribution in [0.1, 0.15) is 85.8 Å². The number of rotatable bonds is 8. The predicted octanol–water partition coefficient (Wildman–Crippen LogP) is 7.47. The van der Waals surface area contributed by atoms with Gasteiger partial charge in [0, 0.05) is 18.2 Å². The third-order valence-corrected chi connectivity index (χ3v) is 9.77. The number of carbonyl (C=O) groups is 2. The van der Waals surface area contributed by atoms with Crippen LogP contribution in [0.15, 0.2) is 71.6 Å². The number of carboxylic acid groups (broad SMARTS) is 1. The first-order valence-corrected chi connectivity index (χ1v) is 17.9. The Morgan fingerprint density at radius 1 is 0.940 bits per heavy atom. The van der Waals surface area contributed by atoms with Crippen molar-refractivity contribution in [2.24, 2.45) is 0 Å². The summed E-state index contributed by atoms with van der Waals surface area (Å²) in [6.07, 6.45) is 0.182. The molecule has 11 nitrogen and oxygen atoms in total. The van der Waals surface area contributed by atoms with Crippen LogP contribution in [0.5, 0.6) is 5.88 Å². The summed E-state index contributed by atoms with van der Waals surface area (Å²) in [5.41, 5.74) is 5.29. The van der Waals surface area contributed by atoms with Crippen molar-refractivity contribution in [1.82, 2.24) is 14.9 Å². The molecule has 12 heteroatoms. The molecule has 0 bridgehead atoms. The Kier molecular flexibility index (Phi) is 9.98. The van der Waals surface area contributed by atoms with Gasteiger partial charge in [0.25, 0.3) is 10.0 Å². The lowest BCUT2D eigenvalue weighted by molar-refractivity contribution is 0.00828. The minimum Gasteiger partial charge on any atom is -0.478 e. The van der Waals surface area contributed by atoms with Gasteiger partial charge in [-0.1, -0.05) is 63.2 Å². The van der Waals surface area contributed by atoms with E-state index in [0.29, 0.717) is 18.7 Å². The summed E-state index contributed by atoms with van der Waals surface area (Å²) < 4.78 is 41.5. The number of sulfonamides is 1. The van der Waals surface area contributed by atoms with Crippen LogP contribution in [0.2, 0.25) is 0 Å². The van der Waals surface area contributed by atoms with Gasteiger partial charge in [-0.3, -0.25) is 4.90 Å². The number of carboxylic acids is 1. The van der Waals surface area contributed by atoms with Crippen molar-refractivity contribution in [3.05, 3.63) is 100 Å². The van der Waals surface area contributed by atoms with Gasteiger partial charge < -0.3 is 14.6 Å². The summed E-state index contributed by atoms with van der Waals surface area (Å²) in [4.78, 5) is 35.4. The maximum atomic E-state index is 13.5. The Bertz CT molecular complexity index is 2030. The van der Waals surface area contributed by atoms with Gasteiger partial charge in [0.05, 0.1) is 22.2 Å². The number of aromatic nitrogens is 2. The lowest BCUT2D eigenvalue weighted by Crippen LogP contribution is -2.45. The number of hydrogen-bond acceptors (Lipinski definition) is 8. The van der Waals surface area contributed by atoms with E-state index in [9.17, 15) is 23.1 Å². The molecule has 0 fully saturated rings. The molecule has 3 aromatic carbocycles. The molecule has 0 radical (unpaired) electrons. The lowest BCUT2D eigenvalue weighted by Gasteiger charge is -2.38. The number of ether oxygens (including phenoxy) is 2. The number of benzene rings is 3. The second kappa shape index (κ2) is 13.7. The second-order valence-corrected chi connectivity index (χ2v) is 16.2. The zero-order valence-corrected chi connectivity index (χ0v) is 30.5. The zero-order chi connectivity index (χ0) is 36.6. The number of carbonyl (C=O) groups excluding carboxylic acids is 1. The van der Waals surface area contributed by atoms with E-state index >= 15 is 0 Å². The van der Waals surface area contributed by atoms with Crippen LogP contribution in [0, 0.1) is 13.8 Å². The summed E-state index contributed by atoms with van der Waals surface area (Å²) in [7, 11) is -4.30. The fraction of sp³-hybridized carbons (Fsp3) is 0.368. The molecule has 2 heterocycles. The summed E-state index contributed by atoms with van der Waals surface area (Å²) in [5, 5.41) is 9.41. The van der Waals surface area contributed by atoms with Gasteiger partial charge >= 0.3 is 12.1 Å². The molecule has 4 aromatic rings. The number of anilines is 1. The molecule has 0 aliphatic carbocycles. The predicted molar refractivity (Wildman–Crippen MR) is 191 cm³/mol. The van der Waals surface area contributed by atoms with Gasteiger partial charge in [0.1, 0.15) is 12.2 Å². The normalized spacial score (nSPS) is 14.9. The third kappa shape index (κ3) is 8.24. The number of nitrogens with zero attached hydrogens (tertiary/aromatic N) is 3. The molecular formula is C38H44N4O7S. The van der Waals surface area contributed by atoms with Crippen LogP contribution in [0.4, 0.5) is 10.7 Å². The van der Waals surface area contributed by atoms with Crippen LogP contribution in [-0.4, -0.2) is 59.2 Å². The van der Waals surface area contributed by atoms with E-state index in [2.05, 4.69) is 47.6 Å². The molecule has 5 rings (SSSR count). The molecule has 1 amide bonds. The minimum atomic E-state index is -4.30. The molecule has 1 aromatic heterocycles. The van der Waals surface area contributed by atoms with Crippen molar-refractivity contribution in [1.29, 1.82) is 0 Å². The van der Waals surface area contributed by atoms with Crippen molar-refractivity contribution in [2.75, 3.05) is 17.9 Å². The van der Waals surface area contributed by atoms with Crippen LogP contribution in [-0.2, 0) is 26.6 Å². The first kappa shape index (κ1) is 36.3. The maximum absolute atomic E-state index is 13.5. The quantitative estimate of drug-likeness (QED) is 0.191. The van der Waals surface area contributed by atoms with Crippen molar-refractivity contribution in [3.63, 3.8) is 0 Å². The Balaban J connectivity index is 1.55. The van der Waals surface area contributed by atoms with Crippen molar-refractivity contribution in [2.45, 2.75) is 83.8 Å². The summed E-state index contributed by atoms with van der Waals surface area (Å²) >= 11 is 0. The van der Waals surface area contributed by atoms with E-state index in [-0.39, 0.29) is 34.3 Å². The van der Waals surface area contributed by atoms with E-state index < -0.39 is 33.7 Å². The van der Waals surface area contributed by atoms with E-state index in [1.807, 2.05) is 58.9 Å². The number of fused-ring (bicyclic) bond motifs is 1. The molecule has 0 saturated heterocycles. The number of aromatic carboxylic acids is 1. The highest BCUT2D eigenvalue weighted by Crippen LogP contribution is 2.36. The average Bonchev–Trinajstić information content (AvgIpc) is 3.01. The smallest absolute Gasteiger partial charge is 0.410 e. The lowest BCUT2D eigenvalue weighted by atomic mass is 9.82. The van der Waals surface area contributed by atoms with Crippen LogP contribution >= 0.6 is 0 Å². The summed E-state index contributed by atoms with van der Waals surface area (Å²) in [6.45, 7) is 16.2. The number of nitrogens with one attached hydrogen (secondary N) is 1. The van der Waals surface area contributed by atoms with E-state index in [4.69, 9.17) is 9.47 Å². The molecule has 1 unspecified atom stereocenters. The summed E-state index contributed by atoms with van der Waals surface area (Å²) in [6, 6.07) is 18.2. The fourth-order valence-corrected chi connectivity index (χ4v) is 6.92. The molecule has 264 valence electrons. The summed E-state index contributed by atoms with van der Waals surface area (Å²) in [5.74, 6) is -1.44. The van der Waals surface area contributed by atoms with Gasteiger partial charge in [-0.2, -0.15) is 4.98 Å². The first-order chi connectivity index (χ1) is 23.3. The topological polar surface area (TPSA) is 148 Å². The first-order valence-electron chi connectivity index (χ1n) is 16.4. The molecule has 1 aliphatic rings. The highest BCUT2D eigenvalue weighted by atomic mass is 32.2. The van der Waals surface area contributed by atoms with Crippen molar-refractivity contribution < 1.29 is 32.6 Å². The van der Waals surface area contributed by atoms with Crippen LogP contribution in [0.25, 0.3) is 11.3 Å². The molecule has 1 atom stereocenters. The van der Waals surface area contributed by atoms with Crippen LogP contribution < -0.4 is 9.46 Å². The zero-order valence-electron chi connectivity index (χ0n) is 29.7. The van der Waals surface area contributed by atoms with Crippen molar-refractivity contribution in [3.8, 4) is 17.1 Å². The monoisotopic (exact) mass is 700 g/mol. The molecule has 2 N–H and O–H groups in total. The van der Waals surface area contributed by atoms with Gasteiger partial charge in [-0.25, -0.2) is 27.7 Å². The standard InChI is InChI=1S/C38H44N4O7S/c1-23-11-9-12-24(2)33(23)30-21-32(40-35(39-30)41-50(46,47)28-14-10-13-26(20-28)34(43)44)48-22-31-29-16-15-27(37(3,4)5)19-25(29)17-18-42(31)36(45)49-38(6,7)8/h9-16,19-21,31H,17-18,22H2,1-8H3,(H,43,44)(H,39,40,41). The molecule has 1 aliphatic heterocycles. The highest BCUT2D eigenvalue weighted by Gasteiger charge is 2.35. The fourth-order valence-electron chi connectivity index (χ4n) is 5.93. The van der Waals surface area contributed by atoms with Gasteiger partial charge in [0.15, 0.2) is 0 Å². The molecule has 0 saturated carbocycles. The molecular weight excluding hydrogens is 657 g/mol. The number of aryl methyl sites for hydroxylation is 2. The molecule has 50 heavy (non-hydrogen) atoms. The maximum Gasteiger partial charge on any atom is 0.410 e. The van der Waals surface area contributed by atoms with Crippen LogP contribution in [0.3, 0.4) is 0 Å². The highest BCUT2D eigenvalue weighted by molar-refractivity contribution is 7.92. The largest absolute Gasteiger partial charge is 0.478 e. The second-order valence-electron chi connectivity index (χ2n) is 14.5. The van der Waals surface area contributed by atoms with Crippen molar-refractivity contribution >= 4 is 28.0 Å². The Hall–Kier alpha value is -4.97. The van der Waals surface area contributed by atoms with Gasteiger partial charge in [-0.15, -0.1) is 0 Å². The van der Waals surface area contributed by atoms with E-state index in [1.54, 1.807) is 11.0 Å². The molecule has 0 spiro atoms. The van der Waals surface area contributed by atoms with E-state index in [0.717, 1.165) is 33.9 Å². The van der Waals surface area contributed by atoms with Gasteiger partial charge in [-0.05, 0) is 92.5 Å². The Morgan fingerprint density at radius 2 is 1.62 bits per heavy atom.